The zero-order chi connectivity index (χ0) is 36.9. The topological polar surface area (TPSA) is 183 Å². The van der Waals surface area contributed by atoms with E-state index in [2.05, 4.69) is 0 Å². The summed E-state index contributed by atoms with van der Waals surface area (Å²) in [5, 5.41) is 20.2. The molecule has 12 nitrogen and oxygen atoms in total. The van der Waals surface area contributed by atoms with Gasteiger partial charge >= 0.3 is 11.9 Å². The maximum absolute atomic E-state index is 13.7. The van der Waals surface area contributed by atoms with E-state index in [1.807, 2.05) is 0 Å². The van der Waals surface area contributed by atoms with Gasteiger partial charge in [-0.2, -0.15) is 0 Å². The summed E-state index contributed by atoms with van der Waals surface area (Å²) in [7, 11) is -1.22. The van der Waals surface area contributed by atoms with Crippen molar-refractivity contribution in [3.8, 4) is 0 Å². The van der Waals surface area contributed by atoms with Crippen molar-refractivity contribution in [1.82, 2.24) is 9.80 Å². The molecule has 2 aliphatic rings. The lowest BCUT2D eigenvalue weighted by Gasteiger charge is -2.35. The third kappa shape index (κ3) is 7.92. The number of nitrogens with zero attached hydrogens (tertiary/aromatic N) is 2. The summed E-state index contributed by atoms with van der Waals surface area (Å²) in [4.78, 5) is 80.8. The molecule has 4 aromatic rings. The summed E-state index contributed by atoms with van der Waals surface area (Å²) in [6.07, 6.45) is 6.32. The smallest absolute Gasteiger partial charge is 0.327 e. The van der Waals surface area contributed by atoms with Gasteiger partial charge in [-0.3, -0.25) is 37.4 Å². The van der Waals surface area contributed by atoms with E-state index < -0.39 is 69.3 Å². The molecule has 0 radical (unpaired) electrons. The second kappa shape index (κ2) is 15.9. The van der Waals surface area contributed by atoms with Crippen LogP contribution in [0.4, 0.5) is 0 Å². The first-order valence-corrected chi connectivity index (χ1v) is 19.0. The first-order valence-electron chi connectivity index (χ1n) is 15.0. The van der Waals surface area contributed by atoms with E-state index in [4.69, 9.17) is 0 Å². The van der Waals surface area contributed by atoms with E-state index in [0.717, 1.165) is 0 Å². The predicted molar refractivity (Wildman–Crippen MR) is 188 cm³/mol. The van der Waals surface area contributed by atoms with E-state index in [0.29, 0.717) is 20.9 Å². The molecule has 4 amide bonds. The van der Waals surface area contributed by atoms with Gasteiger partial charge in [0.25, 0.3) is 23.6 Å². The Labute approximate surface area is 292 Å². The van der Waals surface area contributed by atoms with Crippen LogP contribution in [0, 0.1) is 0 Å². The zero-order valence-corrected chi connectivity index (χ0v) is 29.2. The second-order valence-corrected chi connectivity index (χ2v) is 14.6. The summed E-state index contributed by atoms with van der Waals surface area (Å²) in [6.45, 7) is 0. The molecule has 14 heteroatoms. The fourth-order valence-electron chi connectivity index (χ4n) is 5.73. The maximum atomic E-state index is 13.7. The first-order chi connectivity index (χ1) is 23.6. The minimum atomic E-state index is -1.50. The molecule has 6 rings (SSSR count). The van der Waals surface area contributed by atoms with Crippen molar-refractivity contribution < 1.29 is 47.4 Å². The maximum Gasteiger partial charge on any atom is 0.327 e. The minimum absolute atomic E-state index is 0.0300. The SMILES string of the molecule is CS(C)=O.CS(C)=O.O=C(O)[C@@H](Cc1ccccc1)N1C(=O)c2ccc3c4c(ccc(c24)C1=O)C(=O)N([C@H](Cc1ccccc1)C(=O)O)C3=O. The zero-order valence-electron chi connectivity index (χ0n) is 27.5. The third-order valence-electron chi connectivity index (χ3n) is 7.69. The van der Waals surface area contributed by atoms with Crippen LogP contribution in [-0.4, -0.2) is 101 Å². The molecule has 50 heavy (non-hydrogen) atoms. The fourth-order valence-corrected chi connectivity index (χ4v) is 5.73. The summed E-state index contributed by atoms with van der Waals surface area (Å²) >= 11 is 0. The highest BCUT2D eigenvalue weighted by atomic mass is 32.2. The van der Waals surface area contributed by atoms with Crippen LogP contribution in [0.5, 0.6) is 0 Å². The molecule has 0 unspecified atom stereocenters. The summed E-state index contributed by atoms with van der Waals surface area (Å²) in [5.41, 5.74) is 1.10. The van der Waals surface area contributed by atoms with Crippen LogP contribution < -0.4 is 0 Å². The van der Waals surface area contributed by atoms with Crippen molar-refractivity contribution in [3.05, 3.63) is 118 Å². The molecule has 0 aromatic heterocycles. The Morgan fingerprint density at radius 2 is 0.760 bits per heavy atom. The Bertz CT molecular complexity index is 1830. The summed E-state index contributed by atoms with van der Waals surface area (Å²) in [5.74, 6) is -6.20. The molecule has 0 bridgehead atoms. The van der Waals surface area contributed by atoms with E-state index in [1.54, 1.807) is 85.7 Å². The second-order valence-electron chi connectivity index (χ2n) is 11.6. The largest absolute Gasteiger partial charge is 0.480 e. The molecule has 0 saturated heterocycles. The average Bonchev–Trinajstić information content (AvgIpc) is 3.05. The summed E-state index contributed by atoms with van der Waals surface area (Å²) in [6, 6.07) is 19.4. The van der Waals surface area contributed by atoms with E-state index in [9.17, 15) is 47.4 Å². The number of aliphatic carboxylic acids is 2. The van der Waals surface area contributed by atoms with Crippen molar-refractivity contribution in [2.45, 2.75) is 24.9 Å². The van der Waals surface area contributed by atoms with Crippen LogP contribution >= 0.6 is 0 Å². The Kier molecular flexibility index (Phi) is 11.9. The number of carboxylic acid groups (broad SMARTS) is 2. The lowest BCUT2D eigenvalue weighted by Crippen LogP contribution is -2.53. The number of carbonyl (C=O) groups is 6. The van der Waals surface area contributed by atoms with Crippen LogP contribution in [0.25, 0.3) is 10.8 Å². The predicted octanol–water partition coefficient (Wildman–Crippen LogP) is 3.41. The van der Waals surface area contributed by atoms with Gasteiger partial charge in [-0.25, -0.2) is 9.59 Å². The number of hydrogen-bond acceptors (Lipinski definition) is 8. The fraction of sp³-hybridized carbons (Fsp3) is 0.222. The van der Waals surface area contributed by atoms with Crippen LogP contribution in [-0.2, 0) is 44.0 Å². The quantitative estimate of drug-likeness (QED) is 0.256. The normalized spacial score (nSPS) is 14.5. The van der Waals surface area contributed by atoms with Crippen molar-refractivity contribution in [2.24, 2.45) is 0 Å². The van der Waals surface area contributed by atoms with Gasteiger partial charge < -0.3 is 10.2 Å². The van der Waals surface area contributed by atoms with E-state index in [-0.39, 0.29) is 45.9 Å². The Morgan fingerprint density at radius 3 is 0.980 bits per heavy atom. The lowest BCUT2D eigenvalue weighted by molar-refractivity contribution is -0.142. The molecule has 0 fully saturated rings. The van der Waals surface area contributed by atoms with Gasteiger partial charge in [-0.15, -0.1) is 0 Å². The van der Waals surface area contributed by atoms with Crippen LogP contribution in [0.3, 0.4) is 0 Å². The molecule has 2 N–H and O–H groups in total. The van der Waals surface area contributed by atoms with Gasteiger partial charge in [0.2, 0.25) is 0 Å². The number of benzene rings is 4. The molecule has 2 heterocycles. The number of carbonyl (C=O) groups excluding carboxylic acids is 4. The average molecular weight is 719 g/mol. The highest BCUT2D eigenvalue weighted by Gasteiger charge is 2.45. The number of carboxylic acids is 2. The Balaban J connectivity index is 0.000000637. The van der Waals surface area contributed by atoms with Crippen LogP contribution in [0.2, 0.25) is 0 Å². The molecule has 0 spiro atoms. The van der Waals surface area contributed by atoms with Gasteiger partial charge in [0, 0.05) is 92.5 Å². The van der Waals surface area contributed by atoms with Crippen molar-refractivity contribution in [2.75, 3.05) is 25.0 Å². The Hall–Kier alpha value is -5.34. The molecule has 2 aliphatic heterocycles. The Morgan fingerprint density at radius 1 is 0.520 bits per heavy atom. The van der Waals surface area contributed by atoms with Crippen molar-refractivity contribution in [1.29, 1.82) is 0 Å². The van der Waals surface area contributed by atoms with Gasteiger partial charge in [-0.1, -0.05) is 60.7 Å². The molecular weight excluding hydrogens is 685 g/mol. The molecule has 0 aliphatic carbocycles. The first kappa shape index (κ1) is 37.5. The number of hydrogen-bond donors (Lipinski definition) is 2. The monoisotopic (exact) mass is 718 g/mol. The van der Waals surface area contributed by atoms with Crippen LogP contribution in [0.1, 0.15) is 52.6 Å². The van der Waals surface area contributed by atoms with Crippen molar-refractivity contribution >= 4 is 67.9 Å². The van der Waals surface area contributed by atoms with E-state index >= 15 is 0 Å². The molecule has 4 aromatic carbocycles. The molecular formula is C36H34N2O10S2. The highest BCUT2D eigenvalue weighted by Crippen LogP contribution is 2.39. The van der Waals surface area contributed by atoms with Crippen molar-refractivity contribution in [3.63, 3.8) is 0 Å². The van der Waals surface area contributed by atoms with E-state index in [1.165, 1.54) is 24.3 Å². The standard InChI is InChI=1S/C32H22N2O8.2C2H6OS/c35-27-19-11-13-21-26-22(30(38)34(29(21)37)24(32(41)42)16-18-9-5-2-6-10-18)14-12-20(25(19)26)28(36)33(27)23(31(39)40)15-17-7-3-1-4-8-17;2*1-4(2)3/h1-14,23-24H,15-16H2,(H,39,40)(H,41,42);2*1-2H3/t23-,24-;;/m1../s1. The summed E-state index contributed by atoms with van der Waals surface area (Å²) < 4.78 is 19.1. The molecule has 260 valence electrons. The van der Waals surface area contributed by atoms with Gasteiger partial charge in [0.15, 0.2) is 0 Å². The van der Waals surface area contributed by atoms with Gasteiger partial charge in [0.05, 0.1) is 0 Å². The molecule has 0 saturated carbocycles. The van der Waals surface area contributed by atoms with Crippen LogP contribution in [0.15, 0.2) is 84.9 Å². The van der Waals surface area contributed by atoms with Gasteiger partial charge in [-0.05, 0) is 35.4 Å². The lowest BCUT2D eigenvalue weighted by atomic mass is 9.84. The number of imide groups is 2. The highest BCUT2D eigenvalue weighted by molar-refractivity contribution is 7.83. The third-order valence-corrected chi connectivity index (χ3v) is 7.69. The molecule has 2 atom stereocenters. The minimum Gasteiger partial charge on any atom is -0.480 e. The number of rotatable bonds is 8. The van der Waals surface area contributed by atoms with Gasteiger partial charge in [0.1, 0.15) is 12.1 Å². The number of amides is 4.